The van der Waals surface area contributed by atoms with E-state index in [1.807, 2.05) is 18.2 Å². The highest BCUT2D eigenvalue weighted by Crippen LogP contribution is 2.22. The van der Waals surface area contributed by atoms with Gasteiger partial charge in [0.1, 0.15) is 0 Å². The SMILES string of the molecule is NCCC1CCCCN1Cc1ccccc1C(N)=O. The summed E-state index contributed by atoms with van der Waals surface area (Å²) in [5.74, 6) is -0.344. The molecule has 1 amide bonds. The Labute approximate surface area is 114 Å². The van der Waals surface area contributed by atoms with E-state index in [2.05, 4.69) is 4.90 Å². The van der Waals surface area contributed by atoms with E-state index in [1.165, 1.54) is 19.3 Å². The molecule has 0 saturated carbocycles. The molecule has 4 nitrogen and oxygen atoms in total. The predicted octanol–water partition coefficient (Wildman–Crippen LogP) is 1.49. The van der Waals surface area contributed by atoms with Crippen LogP contribution in [-0.4, -0.2) is 29.9 Å². The third-order valence-corrected chi connectivity index (χ3v) is 3.91. The highest BCUT2D eigenvalue weighted by Gasteiger charge is 2.22. The second-order valence-corrected chi connectivity index (χ2v) is 5.22. The first-order valence-electron chi connectivity index (χ1n) is 7.04. The summed E-state index contributed by atoms with van der Waals surface area (Å²) < 4.78 is 0. The molecule has 0 aromatic heterocycles. The first kappa shape index (κ1) is 14.0. The van der Waals surface area contributed by atoms with E-state index in [4.69, 9.17) is 11.5 Å². The highest BCUT2D eigenvalue weighted by atomic mass is 16.1. The fourth-order valence-corrected chi connectivity index (χ4v) is 2.90. The van der Waals surface area contributed by atoms with Crippen LogP contribution in [-0.2, 0) is 6.54 Å². The lowest BCUT2D eigenvalue weighted by atomic mass is 9.97. The molecule has 104 valence electrons. The van der Waals surface area contributed by atoms with Gasteiger partial charge in [0.05, 0.1) is 0 Å². The second-order valence-electron chi connectivity index (χ2n) is 5.22. The van der Waals surface area contributed by atoms with Crippen molar-refractivity contribution >= 4 is 5.91 Å². The monoisotopic (exact) mass is 261 g/mol. The number of primary amides is 1. The number of amides is 1. The van der Waals surface area contributed by atoms with Crippen LogP contribution < -0.4 is 11.5 Å². The maximum atomic E-state index is 11.5. The lowest BCUT2D eigenvalue weighted by Gasteiger charge is -2.36. The van der Waals surface area contributed by atoms with Crippen molar-refractivity contribution in [3.63, 3.8) is 0 Å². The van der Waals surface area contributed by atoms with E-state index in [9.17, 15) is 4.79 Å². The van der Waals surface area contributed by atoms with Gasteiger partial charge in [0.2, 0.25) is 5.91 Å². The van der Waals surface area contributed by atoms with E-state index in [0.29, 0.717) is 11.6 Å². The molecule has 0 spiro atoms. The summed E-state index contributed by atoms with van der Waals surface area (Å²) in [6, 6.07) is 8.16. The van der Waals surface area contributed by atoms with Crippen molar-refractivity contribution in [1.82, 2.24) is 4.90 Å². The molecule has 4 heteroatoms. The molecule has 1 aliphatic heterocycles. The number of carbonyl (C=O) groups is 1. The molecule has 1 atom stereocenters. The van der Waals surface area contributed by atoms with Gasteiger partial charge in [-0.1, -0.05) is 24.6 Å². The Morgan fingerprint density at radius 1 is 1.32 bits per heavy atom. The van der Waals surface area contributed by atoms with Crippen molar-refractivity contribution in [2.24, 2.45) is 11.5 Å². The molecule has 19 heavy (non-hydrogen) atoms. The maximum Gasteiger partial charge on any atom is 0.249 e. The van der Waals surface area contributed by atoms with Crippen molar-refractivity contribution < 1.29 is 4.79 Å². The highest BCUT2D eigenvalue weighted by molar-refractivity contribution is 5.94. The molecular formula is C15H23N3O. The standard InChI is InChI=1S/C15H23N3O/c16-9-8-13-6-3-4-10-18(13)11-12-5-1-2-7-14(12)15(17)19/h1-2,5,7,13H,3-4,6,8-11,16H2,(H2,17,19). The van der Waals surface area contributed by atoms with Crippen LogP contribution in [0.5, 0.6) is 0 Å². The van der Waals surface area contributed by atoms with Gasteiger partial charge in [0, 0.05) is 18.2 Å². The van der Waals surface area contributed by atoms with Crippen molar-refractivity contribution in [3.8, 4) is 0 Å². The van der Waals surface area contributed by atoms with E-state index < -0.39 is 0 Å². The maximum absolute atomic E-state index is 11.5. The van der Waals surface area contributed by atoms with Crippen LogP contribution in [0.3, 0.4) is 0 Å². The Bertz CT molecular complexity index is 431. The van der Waals surface area contributed by atoms with Gasteiger partial charge in [0.25, 0.3) is 0 Å². The summed E-state index contributed by atoms with van der Waals surface area (Å²) >= 11 is 0. The fourth-order valence-electron chi connectivity index (χ4n) is 2.90. The molecule has 1 saturated heterocycles. The number of carbonyl (C=O) groups excluding carboxylic acids is 1. The number of benzene rings is 1. The Balaban J connectivity index is 2.12. The van der Waals surface area contributed by atoms with Crippen LogP contribution in [0.1, 0.15) is 41.6 Å². The molecule has 1 heterocycles. The molecule has 4 N–H and O–H groups in total. The van der Waals surface area contributed by atoms with Gasteiger partial charge >= 0.3 is 0 Å². The van der Waals surface area contributed by atoms with Crippen LogP contribution in [0.2, 0.25) is 0 Å². The topological polar surface area (TPSA) is 72.3 Å². The number of likely N-dealkylation sites (tertiary alicyclic amines) is 1. The first-order chi connectivity index (χ1) is 9.22. The minimum atomic E-state index is -0.344. The van der Waals surface area contributed by atoms with Gasteiger partial charge in [-0.3, -0.25) is 9.69 Å². The zero-order valence-electron chi connectivity index (χ0n) is 11.3. The van der Waals surface area contributed by atoms with E-state index >= 15 is 0 Å². The fraction of sp³-hybridized carbons (Fsp3) is 0.533. The lowest BCUT2D eigenvalue weighted by molar-refractivity contribution is 0.0994. The van der Waals surface area contributed by atoms with Crippen molar-refractivity contribution in [1.29, 1.82) is 0 Å². The average Bonchev–Trinajstić information content (AvgIpc) is 2.42. The minimum absolute atomic E-state index is 0.344. The summed E-state index contributed by atoms with van der Waals surface area (Å²) in [4.78, 5) is 13.9. The number of nitrogens with zero attached hydrogens (tertiary/aromatic N) is 1. The minimum Gasteiger partial charge on any atom is -0.366 e. The van der Waals surface area contributed by atoms with Gasteiger partial charge in [0.15, 0.2) is 0 Å². The zero-order chi connectivity index (χ0) is 13.7. The molecule has 1 aromatic rings. The molecule has 0 bridgehead atoms. The van der Waals surface area contributed by atoms with Crippen molar-refractivity contribution in [3.05, 3.63) is 35.4 Å². The molecule has 0 aliphatic carbocycles. The van der Waals surface area contributed by atoms with Gasteiger partial charge in [-0.25, -0.2) is 0 Å². The number of rotatable bonds is 5. The summed E-state index contributed by atoms with van der Waals surface area (Å²) in [5, 5.41) is 0. The van der Waals surface area contributed by atoms with Gasteiger partial charge in [-0.05, 0) is 44.0 Å². The van der Waals surface area contributed by atoms with Crippen LogP contribution in [0, 0.1) is 0 Å². The van der Waals surface area contributed by atoms with Crippen molar-refractivity contribution in [2.45, 2.75) is 38.3 Å². The molecule has 1 fully saturated rings. The lowest BCUT2D eigenvalue weighted by Crippen LogP contribution is -2.40. The van der Waals surface area contributed by atoms with Crippen LogP contribution in [0.15, 0.2) is 24.3 Å². The molecule has 1 aliphatic rings. The number of piperidine rings is 1. The van der Waals surface area contributed by atoms with Crippen LogP contribution in [0.4, 0.5) is 0 Å². The summed E-state index contributed by atoms with van der Waals surface area (Å²) in [6.45, 7) is 2.60. The normalized spacial score (nSPS) is 20.4. The number of nitrogens with two attached hydrogens (primary N) is 2. The van der Waals surface area contributed by atoms with E-state index in [0.717, 1.165) is 31.6 Å². The van der Waals surface area contributed by atoms with Gasteiger partial charge < -0.3 is 11.5 Å². The summed E-state index contributed by atoms with van der Waals surface area (Å²) in [5.41, 5.74) is 12.8. The number of hydrogen-bond donors (Lipinski definition) is 2. The first-order valence-corrected chi connectivity index (χ1v) is 7.04. The molecule has 2 rings (SSSR count). The molecule has 1 aromatic carbocycles. The van der Waals surface area contributed by atoms with E-state index in [1.54, 1.807) is 6.07 Å². The third kappa shape index (κ3) is 3.55. The van der Waals surface area contributed by atoms with E-state index in [-0.39, 0.29) is 5.91 Å². The second kappa shape index (κ2) is 6.68. The van der Waals surface area contributed by atoms with Crippen LogP contribution in [0.25, 0.3) is 0 Å². The Hall–Kier alpha value is -1.39. The van der Waals surface area contributed by atoms with Gasteiger partial charge in [-0.2, -0.15) is 0 Å². The van der Waals surface area contributed by atoms with Crippen LogP contribution >= 0.6 is 0 Å². The smallest absolute Gasteiger partial charge is 0.249 e. The summed E-state index contributed by atoms with van der Waals surface area (Å²) in [6.07, 6.45) is 4.73. The van der Waals surface area contributed by atoms with Gasteiger partial charge in [-0.15, -0.1) is 0 Å². The predicted molar refractivity (Wildman–Crippen MR) is 76.7 cm³/mol. The summed E-state index contributed by atoms with van der Waals surface area (Å²) in [7, 11) is 0. The Kier molecular flexibility index (Phi) is 4.93. The molecular weight excluding hydrogens is 238 g/mol. The Morgan fingerprint density at radius 2 is 2.11 bits per heavy atom. The molecule has 0 radical (unpaired) electrons. The van der Waals surface area contributed by atoms with Crippen molar-refractivity contribution in [2.75, 3.05) is 13.1 Å². The average molecular weight is 261 g/mol. The molecule has 1 unspecified atom stereocenters. The number of hydrogen-bond acceptors (Lipinski definition) is 3. The quantitative estimate of drug-likeness (QED) is 0.843. The largest absolute Gasteiger partial charge is 0.366 e. The Morgan fingerprint density at radius 3 is 2.84 bits per heavy atom. The third-order valence-electron chi connectivity index (χ3n) is 3.91. The zero-order valence-corrected chi connectivity index (χ0v) is 11.3.